The number of benzene rings is 2. The van der Waals surface area contributed by atoms with Gasteiger partial charge in [0.1, 0.15) is 6.29 Å². The van der Waals surface area contributed by atoms with Gasteiger partial charge in [-0.05, 0) is 23.5 Å². The maximum Gasteiger partial charge on any atom is 0.130 e. The third-order valence-electron chi connectivity index (χ3n) is 4.10. The summed E-state index contributed by atoms with van der Waals surface area (Å²) in [6, 6.07) is 20.1. The Balaban J connectivity index is 1.57. The molecule has 102 valence electrons. The number of carbonyl (C=O) groups is 1. The summed E-state index contributed by atoms with van der Waals surface area (Å²) < 4.78 is 5.76. The summed E-state index contributed by atoms with van der Waals surface area (Å²) in [4.78, 5) is 11.5. The van der Waals surface area contributed by atoms with Crippen molar-refractivity contribution in [3.05, 3.63) is 71.8 Å². The number of hydrogen-bond donors (Lipinski definition) is 0. The Hall–Kier alpha value is -1.93. The molecule has 3 rings (SSSR count). The van der Waals surface area contributed by atoms with Crippen molar-refractivity contribution in [2.75, 3.05) is 6.61 Å². The molecule has 0 heterocycles. The predicted octanol–water partition coefficient (Wildman–Crippen LogP) is 3.36. The molecule has 2 unspecified atom stereocenters. The zero-order chi connectivity index (χ0) is 13.8. The molecule has 0 bridgehead atoms. The Bertz CT molecular complexity index is 564. The smallest absolute Gasteiger partial charge is 0.130 e. The van der Waals surface area contributed by atoms with Crippen LogP contribution in [0.2, 0.25) is 0 Å². The lowest BCUT2D eigenvalue weighted by molar-refractivity contribution is -0.110. The maximum absolute atomic E-state index is 11.5. The molecule has 2 aromatic carbocycles. The van der Waals surface area contributed by atoms with Crippen LogP contribution in [-0.2, 0) is 21.6 Å². The molecule has 0 aliphatic heterocycles. The average molecular weight is 266 g/mol. The van der Waals surface area contributed by atoms with Gasteiger partial charge < -0.3 is 9.53 Å². The molecule has 0 amide bonds. The fourth-order valence-corrected chi connectivity index (χ4v) is 2.76. The van der Waals surface area contributed by atoms with Crippen molar-refractivity contribution in [3.8, 4) is 0 Å². The Kier molecular flexibility index (Phi) is 3.66. The van der Waals surface area contributed by atoms with Gasteiger partial charge in [-0.25, -0.2) is 0 Å². The minimum atomic E-state index is -0.308. The Morgan fingerprint density at radius 3 is 2.35 bits per heavy atom. The van der Waals surface area contributed by atoms with Gasteiger partial charge >= 0.3 is 0 Å². The van der Waals surface area contributed by atoms with Crippen LogP contribution in [0.1, 0.15) is 17.5 Å². The molecule has 2 aromatic rings. The van der Waals surface area contributed by atoms with Crippen molar-refractivity contribution >= 4 is 6.29 Å². The minimum Gasteiger partial charge on any atom is -0.376 e. The molecule has 0 N–H and O–H groups in total. The molecule has 1 saturated carbocycles. The van der Waals surface area contributed by atoms with E-state index in [0.29, 0.717) is 19.1 Å². The molecule has 0 aromatic heterocycles. The number of aldehydes is 1. The average Bonchev–Trinajstić information content (AvgIpc) is 3.24. The molecule has 20 heavy (non-hydrogen) atoms. The third kappa shape index (κ3) is 2.52. The van der Waals surface area contributed by atoms with Crippen molar-refractivity contribution in [2.45, 2.75) is 18.4 Å². The van der Waals surface area contributed by atoms with Gasteiger partial charge in [0.15, 0.2) is 0 Å². The molecular weight excluding hydrogens is 248 g/mol. The lowest BCUT2D eigenvalue weighted by Gasteiger charge is -2.11. The fourth-order valence-electron chi connectivity index (χ4n) is 2.76. The second-order valence-electron chi connectivity index (χ2n) is 5.43. The topological polar surface area (TPSA) is 26.3 Å². The standard InChI is InChI=1S/C18H18O2/c19-14-18(16-9-5-2-6-10-16)11-17(18)13-20-12-15-7-3-1-4-8-15/h1-10,14,17H,11-13H2. The first-order chi connectivity index (χ1) is 9.85. The first kappa shape index (κ1) is 13.1. The van der Waals surface area contributed by atoms with Crippen LogP contribution in [0.4, 0.5) is 0 Å². The van der Waals surface area contributed by atoms with Gasteiger partial charge in [-0.15, -0.1) is 0 Å². The second-order valence-corrected chi connectivity index (χ2v) is 5.43. The van der Waals surface area contributed by atoms with Crippen LogP contribution in [0.25, 0.3) is 0 Å². The van der Waals surface area contributed by atoms with Crippen LogP contribution in [-0.4, -0.2) is 12.9 Å². The minimum absolute atomic E-state index is 0.308. The van der Waals surface area contributed by atoms with Crippen LogP contribution < -0.4 is 0 Å². The first-order valence-electron chi connectivity index (χ1n) is 6.99. The van der Waals surface area contributed by atoms with E-state index in [1.54, 1.807) is 0 Å². The lowest BCUT2D eigenvalue weighted by Crippen LogP contribution is -2.14. The monoisotopic (exact) mass is 266 g/mol. The molecule has 0 saturated heterocycles. The SMILES string of the molecule is O=CC1(c2ccccc2)CC1COCc1ccccc1. The van der Waals surface area contributed by atoms with E-state index in [-0.39, 0.29) is 5.41 Å². The van der Waals surface area contributed by atoms with Gasteiger partial charge in [-0.1, -0.05) is 60.7 Å². The number of hydrogen-bond acceptors (Lipinski definition) is 2. The zero-order valence-electron chi connectivity index (χ0n) is 11.4. The molecule has 1 fully saturated rings. The summed E-state index contributed by atoms with van der Waals surface area (Å²) in [7, 11) is 0. The Morgan fingerprint density at radius 2 is 1.70 bits per heavy atom. The Labute approximate surface area is 119 Å². The van der Waals surface area contributed by atoms with E-state index < -0.39 is 0 Å². The lowest BCUT2D eigenvalue weighted by atomic mass is 9.95. The summed E-state index contributed by atoms with van der Waals surface area (Å²) in [5, 5.41) is 0. The highest BCUT2D eigenvalue weighted by Gasteiger charge is 2.55. The summed E-state index contributed by atoms with van der Waals surface area (Å²) in [5.74, 6) is 0.311. The van der Waals surface area contributed by atoms with Crippen molar-refractivity contribution in [2.24, 2.45) is 5.92 Å². The summed E-state index contributed by atoms with van der Waals surface area (Å²) >= 11 is 0. The van der Waals surface area contributed by atoms with E-state index in [4.69, 9.17) is 4.74 Å². The number of carbonyl (C=O) groups excluding carboxylic acids is 1. The van der Waals surface area contributed by atoms with E-state index in [2.05, 4.69) is 12.1 Å². The molecule has 2 nitrogen and oxygen atoms in total. The van der Waals surface area contributed by atoms with Crippen LogP contribution >= 0.6 is 0 Å². The quantitative estimate of drug-likeness (QED) is 0.749. The van der Waals surface area contributed by atoms with Crippen molar-refractivity contribution in [1.29, 1.82) is 0 Å². The van der Waals surface area contributed by atoms with E-state index in [9.17, 15) is 4.79 Å². The number of rotatable bonds is 6. The van der Waals surface area contributed by atoms with Crippen LogP contribution in [0.5, 0.6) is 0 Å². The van der Waals surface area contributed by atoms with Gasteiger partial charge in [0, 0.05) is 0 Å². The van der Waals surface area contributed by atoms with Crippen molar-refractivity contribution < 1.29 is 9.53 Å². The molecule has 0 radical (unpaired) electrons. The van der Waals surface area contributed by atoms with Gasteiger partial charge in [0.2, 0.25) is 0 Å². The van der Waals surface area contributed by atoms with Crippen molar-refractivity contribution in [3.63, 3.8) is 0 Å². The van der Waals surface area contributed by atoms with Gasteiger partial charge in [0.25, 0.3) is 0 Å². The number of ether oxygens (including phenoxy) is 1. The van der Waals surface area contributed by atoms with Crippen molar-refractivity contribution in [1.82, 2.24) is 0 Å². The third-order valence-corrected chi connectivity index (χ3v) is 4.10. The van der Waals surface area contributed by atoms with E-state index in [1.807, 2.05) is 48.5 Å². The maximum atomic E-state index is 11.5. The fraction of sp³-hybridized carbons (Fsp3) is 0.278. The first-order valence-corrected chi connectivity index (χ1v) is 6.99. The van der Waals surface area contributed by atoms with Crippen LogP contribution in [0.3, 0.4) is 0 Å². The normalized spacial score (nSPS) is 24.3. The highest BCUT2D eigenvalue weighted by molar-refractivity contribution is 5.74. The molecule has 0 spiro atoms. The summed E-state index contributed by atoms with van der Waals surface area (Å²) in [6.07, 6.45) is 1.99. The van der Waals surface area contributed by atoms with Gasteiger partial charge in [0.05, 0.1) is 18.6 Å². The zero-order valence-corrected chi connectivity index (χ0v) is 11.4. The largest absolute Gasteiger partial charge is 0.376 e. The van der Waals surface area contributed by atoms with E-state index in [0.717, 1.165) is 18.3 Å². The Morgan fingerprint density at radius 1 is 1.05 bits per heavy atom. The molecule has 2 atom stereocenters. The van der Waals surface area contributed by atoms with Gasteiger partial charge in [-0.3, -0.25) is 0 Å². The highest BCUT2D eigenvalue weighted by Crippen LogP contribution is 2.52. The van der Waals surface area contributed by atoms with Crippen LogP contribution in [0, 0.1) is 5.92 Å². The van der Waals surface area contributed by atoms with E-state index in [1.165, 1.54) is 5.56 Å². The molecule has 1 aliphatic rings. The highest BCUT2D eigenvalue weighted by atomic mass is 16.5. The molecule has 1 aliphatic carbocycles. The molecular formula is C18H18O2. The molecule has 2 heteroatoms. The second kappa shape index (κ2) is 5.59. The van der Waals surface area contributed by atoms with E-state index >= 15 is 0 Å². The summed E-state index contributed by atoms with van der Waals surface area (Å²) in [5.41, 5.74) is 1.98. The summed E-state index contributed by atoms with van der Waals surface area (Å²) in [6.45, 7) is 1.25. The van der Waals surface area contributed by atoms with Gasteiger partial charge in [-0.2, -0.15) is 0 Å². The van der Waals surface area contributed by atoms with Crippen LogP contribution in [0.15, 0.2) is 60.7 Å². The predicted molar refractivity (Wildman–Crippen MR) is 78.4 cm³/mol.